The minimum atomic E-state index is -0.463. The van der Waals surface area contributed by atoms with Gasteiger partial charge < -0.3 is 9.84 Å². The molecule has 5 heteroatoms. The lowest BCUT2D eigenvalue weighted by atomic mass is 9.93. The molecule has 1 N–H and O–H groups in total. The van der Waals surface area contributed by atoms with E-state index >= 15 is 0 Å². The van der Waals surface area contributed by atoms with E-state index < -0.39 is 5.60 Å². The average molecular weight is 474 g/mol. The van der Waals surface area contributed by atoms with Crippen molar-refractivity contribution in [2.45, 2.75) is 46.1 Å². The molecule has 4 nitrogen and oxygen atoms in total. The highest BCUT2D eigenvalue weighted by Gasteiger charge is 2.29. The molecule has 0 saturated carbocycles. The van der Waals surface area contributed by atoms with Crippen LogP contribution in [0.25, 0.3) is 23.1 Å². The van der Waals surface area contributed by atoms with Crippen LogP contribution in [0.15, 0.2) is 60.2 Å². The number of hydrogen-bond acceptors (Lipinski definition) is 4. The number of nitrogens with zero attached hydrogens (tertiary/aromatic N) is 1. The fourth-order valence-corrected chi connectivity index (χ4v) is 4.23. The van der Waals surface area contributed by atoms with Crippen molar-refractivity contribution in [1.29, 1.82) is 0 Å². The Bertz CT molecular complexity index is 1370. The molecule has 0 radical (unpaired) electrons. The Balaban J connectivity index is 1.56. The number of phenolic OH excluding ortho intramolecular Hbond substituents is 1. The van der Waals surface area contributed by atoms with Crippen molar-refractivity contribution in [3.05, 3.63) is 87.6 Å². The van der Waals surface area contributed by atoms with Crippen LogP contribution in [0, 0.1) is 6.92 Å². The van der Waals surface area contributed by atoms with E-state index in [1.54, 1.807) is 18.2 Å². The van der Waals surface area contributed by atoms with Crippen molar-refractivity contribution in [3.8, 4) is 11.5 Å². The SMILES string of the molecule is CC(C)=CCCC1(C)C=Cc2c(ccc(C(=O)/C=C/c3cc4cc(C)ccc4nc3Cl)c2O)O1. The smallest absolute Gasteiger partial charge is 0.189 e. The molecular weight excluding hydrogens is 446 g/mol. The lowest BCUT2D eigenvalue weighted by molar-refractivity contribution is 0.104. The minimum Gasteiger partial charge on any atom is -0.506 e. The predicted molar refractivity (Wildman–Crippen MR) is 140 cm³/mol. The molecule has 0 fully saturated rings. The number of phenols is 1. The van der Waals surface area contributed by atoms with Gasteiger partial charge in [0.05, 0.1) is 16.6 Å². The molecule has 1 aliphatic rings. The van der Waals surface area contributed by atoms with Crippen LogP contribution in [-0.2, 0) is 0 Å². The Kier molecular flexibility index (Phi) is 6.63. The molecule has 3 aromatic rings. The first-order valence-corrected chi connectivity index (χ1v) is 11.7. The van der Waals surface area contributed by atoms with E-state index in [-0.39, 0.29) is 17.1 Å². The molecule has 0 aliphatic carbocycles. The number of aromatic nitrogens is 1. The summed E-state index contributed by atoms with van der Waals surface area (Å²) in [5.74, 6) is 0.150. The molecule has 1 aliphatic heterocycles. The van der Waals surface area contributed by atoms with Crippen LogP contribution in [0.5, 0.6) is 11.5 Å². The summed E-state index contributed by atoms with van der Waals surface area (Å²) < 4.78 is 6.18. The number of halogens is 1. The number of aryl methyl sites for hydroxylation is 1. The number of ether oxygens (including phenoxy) is 1. The van der Waals surface area contributed by atoms with E-state index in [9.17, 15) is 9.90 Å². The number of benzene rings is 2. The molecule has 1 unspecified atom stereocenters. The normalized spacial score (nSPS) is 17.0. The summed E-state index contributed by atoms with van der Waals surface area (Å²) in [6.45, 7) is 8.18. The molecule has 4 rings (SSSR count). The Morgan fingerprint density at radius 1 is 1.21 bits per heavy atom. The van der Waals surface area contributed by atoms with Crippen LogP contribution >= 0.6 is 11.6 Å². The van der Waals surface area contributed by atoms with Crippen molar-refractivity contribution >= 4 is 40.4 Å². The molecule has 34 heavy (non-hydrogen) atoms. The highest BCUT2D eigenvalue weighted by molar-refractivity contribution is 6.31. The van der Waals surface area contributed by atoms with Gasteiger partial charge in [-0.25, -0.2) is 4.98 Å². The first kappa shape index (κ1) is 23.8. The fourth-order valence-electron chi connectivity index (χ4n) is 4.03. The Morgan fingerprint density at radius 2 is 2.00 bits per heavy atom. The van der Waals surface area contributed by atoms with Gasteiger partial charge in [-0.15, -0.1) is 0 Å². The lowest BCUT2D eigenvalue weighted by Crippen LogP contribution is -2.31. The molecule has 0 amide bonds. The number of carbonyl (C=O) groups excluding carboxylic acids is 1. The maximum atomic E-state index is 12.9. The van der Waals surface area contributed by atoms with Crippen LogP contribution in [0.2, 0.25) is 5.15 Å². The summed E-state index contributed by atoms with van der Waals surface area (Å²) in [5, 5.41) is 12.1. The van der Waals surface area contributed by atoms with Crippen molar-refractivity contribution in [3.63, 3.8) is 0 Å². The number of carbonyl (C=O) groups is 1. The van der Waals surface area contributed by atoms with Gasteiger partial charge in [0.1, 0.15) is 22.3 Å². The number of pyridine rings is 1. The van der Waals surface area contributed by atoms with Gasteiger partial charge in [0.25, 0.3) is 0 Å². The predicted octanol–water partition coefficient (Wildman–Crippen LogP) is 7.71. The van der Waals surface area contributed by atoms with E-state index in [1.165, 1.54) is 11.6 Å². The van der Waals surface area contributed by atoms with Gasteiger partial charge in [-0.1, -0.05) is 34.9 Å². The second kappa shape index (κ2) is 9.47. The van der Waals surface area contributed by atoms with Crippen molar-refractivity contribution < 1.29 is 14.6 Å². The quantitative estimate of drug-likeness (QED) is 0.172. The van der Waals surface area contributed by atoms with Crippen LogP contribution in [0.1, 0.15) is 60.7 Å². The average Bonchev–Trinajstić information content (AvgIpc) is 2.77. The first-order valence-electron chi connectivity index (χ1n) is 11.3. The molecule has 1 atom stereocenters. The number of hydrogen-bond donors (Lipinski definition) is 1. The summed E-state index contributed by atoms with van der Waals surface area (Å²) in [6, 6.07) is 11.2. The standard InChI is InChI=1S/C29H28ClNO3/c1-18(2)6-5-14-29(4)15-13-23-26(34-29)12-9-22(27(23)33)25(32)11-8-20-17-21-16-19(3)7-10-24(21)31-28(20)30/h6-13,15-17,33H,5,14H2,1-4H3/b11-8+. The van der Waals surface area contributed by atoms with Gasteiger partial charge in [-0.2, -0.15) is 0 Å². The zero-order valence-electron chi connectivity index (χ0n) is 19.9. The van der Waals surface area contributed by atoms with Gasteiger partial charge in [-0.3, -0.25) is 4.79 Å². The highest BCUT2D eigenvalue weighted by Crippen LogP contribution is 2.40. The summed E-state index contributed by atoms with van der Waals surface area (Å²) in [5.41, 5.74) is 4.08. The number of ketones is 1. The topological polar surface area (TPSA) is 59.4 Å². The van der Waals surface area contributed by atoms with Crippen molar-refractivity contribution in [2.75, 3.05) is 0 Å². The third-order valence-electron chi connectivity index (χ3n) is 5.95. The third-order valence-corrected chi connectivity index (χ3v) is 6.25. The van der Waals surface area contributed by atoms with Crippen molar-refractivity contribution in [1.82, 2.24) is 4.98 Å². The summed E-state index contributed by atoms with van der Waals surface area (Å²) in [4.78, 5) is 17.3. The van der Waals surface area contributed by atoms with Crippen LogP contribution < -0.4 is 4.74 Å². The monoisotopic (exact) mass is 473 g/mol. The highest BCUT2D eigenvalue weighted by atomic mass is 35.5. The van der Waals surface area contributed by atoms with Gasteiger partial charge in [0.2, 0.25) is 0 Å². The van der Waals surface area contributed by atoms with E-state index in [0.717, 1.165) is 29.3 Å². The van der Waals surface area contributed by atoms with Crippen molar-refractivity contribution in [2.24, 2.45) is 0 Å². The third kappa shape index (κ3) is 5.07. The van der Waals surface area contributed by atoms with Crippen LogP contribution in [0.3, 0.4) is 0 Å². The van der Waals surface area contributed by atoms with Crippen LogP contribution in [-0.4, -0.2) is 21.5 Å². The fraction of sp³-hybridized carbons (Fsp3) is 0.241. The minimum absolute atomic E-state index is 0.0897. The number of rotatable bonds is 6. The zero-order valence-corrected chi connectivity index (χ0v) is 20.6. The van der Waals surface area contributed by atoms with E-state index in [0.29, 0.717) is 22.0 Å². The Hall–Kier alpha value is -3.37. The van der Waals surface area contributed by atoms with E-state index in [2.05, 4.69) is 24.9 Å². The summed E-state index contributed by atoms with van der Waals surface area (Å²) in [6.07, 6.45) is 10.7. The van der Waals surface area contributed by atoms with E-state index in [4.69, 9.17) is 16.3 Å². The van der Waals surface area contributed by atoms with Gasteiger partial charge in [0, 0.05) is 10.9 Å². The van der Waals surface area contributed by atoms with E-state index in [1.807, 2.05) is 50.3 Å². The molecule has 0 spiro atoms. The maximum absolute atomic E-state index is 12.9. The number of allylic oxidation sites excluding steroid dienone is 3. The summed E-state index contributed by atoms with van der Waals surface area (Å²) >= 11 is 6.33. The molecule has 2 aromatic carbocycles. The molecule has 174 valence electrons. The molecule has 0 saturated heterocycles. The van der Waals surface area contributed by atoms with Gasteiger partial charge >= 0.3 is 0 Å². The zero-order chi connectivity index (χ0) is 24.5. The Labute approximate surface area is 205 Å². The summed E-state index contributed by atoms with van der Waals surface area (Å²) in [7, 11) is 0. The van der Waals surface area contributed by atoms with Gasteiger partial charge in [0.15, 0.2) is 5.78 Å². The second-order valence-corrected chi connectivity index (χ2v) is 9.56. The van der Waals surface area contributed by atoms with Crippen LogP contribution in [0.4, 0.5) is 0 Å². The number of aromatic hydroxyl groups is 1. The molecular formula is C29H28ClNO3. The Morgan fingerprint density at radius 3 is 2.76 bits per heavy atom. The largest absolute Gasteiger partial charge is 0.506 e. The lowest BCUT2D eigenvalue weighted by Gasteiger charge is -2.32. The second-order valence-electron chi connectivity index (χ2n) is 9.20. The molecule has 1 aromatic heterocycles. The first-order chi connectivity index (χ1) is 16.1. The maximum Gasteiger partial charge on any atom is 0.189 e. The molecule has 0 bridgehead atoms. The van der Waals surface area contributed by atoms with Gasteiger partial charge in [-0.05, 0) is 95.2 Å². The molecule has 2 heterocycles. The number of fused-ring (bicyclic) bond motifs is 2.